The fraction of sp³-hybridized carbons (Fsp3) is 0.125. The summed E-state index contributed by atoms with van der Waals surface area (Å²) in [4.78, 5) is 9.05. The van der Waals surface area contributed by atoms with E-state index in [1.807, 2.05) is 65.8 Å². The molecule has 0 radical (unpaired) electrons. The molecule has 0 bridgehead atoms. The maximum atomic E-state index is 6.25. The molecule has 0 aliphatic carbocycles. The summed E-state index contributed by atoms with van der Waals surface area (Å²) in [7, 11) is 1.98. The van der Waals surface area contributed by atoms with Gasteiger partial charge in [-0.25, -0.2) is 9.97 Å². The lowest BCUT2D eigenvalue weighted by molar-refractivity contribution is 0.948. The highest BCUT2D eigenvalue weighted by Gasteiger charge is 2.12. The highest BCUT2D eigenvalue weighted by Crippen LogP contribution is 2.28. The van der Waals surface area contributed by atoms with Crippen LogP contribution in [0.25, 0.3) is 27.9 Å². The van der Waals surface area contributed by atoms with Crippen molar-refractivity contribution in [1.29, 1.82) is 0 Å². The first-order chi connectivity index (χ1) is 10.1. The van der Waals surface area contributed by atoms with Gasteiger partial charge in [-0.3, -0.25) is 4.40 Å². The van der Waals surface area contributed by atoms with E-state index in [-0.39, 0.29) is 0 Å². The molecule has 5 nitrogen and oxygen atoms in total. The summed E-state index contributed by atoms with van der Waals surface area (Å²) in [5.41, 5.74) is 12.1. The third-order valence-corrected chi connectivity index (χ3v) is 3.82. The van der Waals surface area contributed by atoms with Crippen LogP contribution >= 0.6 is 0 Å². The van der Waals surface area contributed by atoms with Gasteiger partial charge in [0.05, 0.1) is 17.4 Å². The van der Waals surface area contributed by atoms with Crippen molar-refractivity contribution in [2.75, 3.05) is 5.73 Å². The van der Waals surface area contributed by atoms with Crippen molar-refractivity contribution >= 4 is 22.5 Å². The fourth-order valence-corrected chi connectivity index (χ4v) is 2.66. The number of benzene rings is 1. The van der Waals surface area contributed by atoms with Gasteiger partial charge in [0, 0.05) is 18.8 Å². The average Bonchev–Trinajstić information content (AvgIpc) is 3.00. The maximum Gasteiger partial charge on any atom is 0.139 e. The first kappa shape index (κ1) is 12.0. The van der Waals surface area contributed by atoms with Crippen LogP contribution in [0.1, 0.15) is 5.56 Å². The van der Waals surface area contributed by atoms with E-state index in [1.165, 1.54) is 5.56 Å². The quantitative estimate of drug-likeness (QED) is 0.582. The summed E-state index contributed by atoms with van der Waals surface area (Å²) in [5, 5.41) is 0. The molecule has 0 saturated carbocycles. The highest BCUT2D eigenvalue weighted by atomic mass is 15.1. The topological polar surface area (TPSA) is 61.1 Å². The zero-order valence-electron chi connectivity index (χ0n) is 11.9. The van der Waals surface area contributed by atoms with Crippen LogP contribution in [0.2, 0.25) is 0 Å². The van der Waals surface area contributed by atoms with E-state index in [0.29, 0.717) is 5.82 Å². The number of fused-ring (bicyclic) bond motifs is 2. The summed E-state index contributed by atoms with van der Waals surface area (Å²) in [5.74, 6) is 0.653. The molecule has 0 aliphatic rings. The largest absolute Gasteiger partial charge is 0.383 e. The van der Waals surface area contributed by atoms with Crippen LogP contribution in [-0.4, -0.2) is 18.9 Å². The zero-order chi connectivity index (χ0) is 14.6. The van der Waals surface area contributed by atoms with Gasteiger partial charge in [-0.05, 0) is 36.8 Å². The molecule has 104 valence electrons. The number of hydrogen-bond acceptors (Lipinski definition) is 3. The molecule has 0 unspecified atom stereocenters. The lowest BCUT2D eigenvalue weighted by Crippen LogP contribution is -1.94. The van der Waals surface area contributed by atoms with Gasteiger partial charge in [-0.2, -0.15) is 0 Å². The first-order valence-electron chi connectivity index (χ1n) is 6.79. The van der Waals surface area contributed by atoms with Gasteiger partial charge in [0.1, 0.15) is 17.2 Å². The van der Waals surface area contributed by atoms with Gasteiger partial charge >= 0.3 is 0 Å². The number of rotatable bonds is 1. The second-order valence-electron chi connectivity index (χ2n) is 5.34. The van der Waals surface area contributed by atoms with E-state index < -0.39 is 0 Å². The highest BCUT2D eigenvalue weighted by molar-refractivity contribution is 5.84. The Kier molecular flexibility index (Phi) is 2.33. The molecule has 0 fully saturated rings. The predicted molar refractivity (Wildman–Crippen MR) is 84.0 cm³/mol. The lowest BCUT2D eigenvalue weighted by atomic mass is 10.1. The SMILES string of the molecule is Cc1ccn2c(N)c(-c3ccc4c(c3)ncn4C)nc2c1. The minimum Gasteiger partial charge on any atom is -0.383 e. The normalized spacial score (nSPS) is 11.5. The van der Waals surface area contributed by atoms with Crippen LogP contribution in [0.3, 0.4) is 0 Å². The monoisotopic (exact) mass is 277 g/mol. The van der Waals surface area contributed by atoms with Crippen LogP contribution in [0.4, 0.5) is 5.82 Å². The number of nitrogens with zero attached hydrogens (tertiary/aromatic N) is 4. The Hall–Kier alpha value is -2.82. The second kappa shape index (κ2) is 4.09. The number of aryl methyl sites for hydroxylation is 2. The van der Waals surface area contributed by atoms with Crippen molar-refractivity contribution in [3.63, 3.8) is 0 Å². The van der Waals surface area contributed by atoms with E-state index in [4.69, 9.17) is 5.73 Å². The first-order valence-corrected chi connectivity index (χ1v) is 6.79. The van der Waals surface area contributed by atoms with Crippen molar-refractivity contribution in [3.05, 3.63) is 48.4 Å². The molecule has 21 heavy (non-hydrogen) atoms. The minimum atomic E-state index is 0.653. The number of imidazole rings is 2. The maximum absolute atomic E-state index is 6.25. The molecule has 0 aliphatic heterocycles. The van der Waals surface area contributed by atoms with E-state index in [2.05, 4.69) is 9.97 Å². The third-order valence-electron chi connectivity index (χ3n) is 3.82. The molecule has 2 N–H and O–H groups in total. The van der Waals surface area contributed by atoms with E-state index in [9.17, 15) is 0 Å². The third kappa shape index (κ3) is 1.71. The Morgan fingerprint density at radius 2 is 2.00 bits per heavy atom. The fourth-order valence-electron chi connectivity index (χ4n) is 2.66. The number of aromatic nitrogens is 4. The zero-order valence-corrected chi connectivity index (χ0v) is 11.9. The summed E-state index contributed by atoms with van der Waals surface area (Å²) < 4.78 is 3.90. The van der Waals surface area contributed by atoms with Gasteiger partial charge in [-0.15, -0.1) is 0 Å². The predicted octanol–water partition coefficient (Wildman–Crippen LogP) is 2.78. The second-order valence-corrected chi connectivity index (χ2v) is 5.34. The Balaban J connectivity index is 1.96. The average molecular weight is 277 g/mol. The van der Waals surface area contributed by atoms with Gasteiger partial charge in [0.2, 0.25) is 0 Å². The summed E-state index contributed by atoms with van der Waals surface area (Å²) in [6.07, 6.45) is 3.76. The number of nitrogen functional groups attached to an aromatic ring is 1. The molecule has 5 heteroatoms. The molecule has 3 aromatic heterocycles. The summed E-state index contributed by atoms with van der Waals surface area (Å²) in [6, 6.07) is 10.2. The molecule has 0 amide bonds. The molecule has 0 atom stereocenters. The standard InChI is InChI=1S/C16H15N5/c1-10-5-6-21-14(7-10)19-15(16(21)17)11-3-4-13-12(8-11)18-9-20(13)2/h3-9H,17H2,1-2H3. The Bertz CT molecular complexity index is 977. The molecule has 1 aromatic carbocycles. The number of nitrogens with two attached hydrogens (primary N) is 1. The van der Waals surface area contributed by atoms with E-state index in [0.717, 1.165) is 27.9 Å². The smallest absolute Gasteiger partial charge is 0.139 e. The van der Waals surface area contributed by atoms with Crippen molar-refractivity contribution in [1.82, 2.24) is 18.9 Å². The Morgan fingerprint density at radius 1 is 1.14 bits per heavy atom. The molecule has 0 spiro atoms. The van der Waals surface area contributed by atoms with Crippen molar-refractivity contribution in [2.24, 2.45) is 7.05 Å². The summed E-state index contributed by atoms with van der Waals surface area (Å²) in [6.45, 7) is 2.05. The van der Waals surface area contributed by atoms with E-state index in [1.54, 1.807) is 0 Å². The number of pyridine rings is 1. The lowest BCUT2D eigenvalue weighted by Gasteiger charge is -2.00. The molecular weight excluding hydrogens is 262 g/mol. The van der Waals surface area contributed by atoms with Crippen LogP contribution in [0, 0.1) is 6.92 Å². The van der Waals surface area contributed by atoms with Crippen molar-refractivity contribution in [2.45, 2.75) is 6.92 Å². The van der Waals surface area contributed by atoms with Crippen LogP contribution in [0.15, 0.2) is 42.9 Å². The molecule has 0 saturated heterocycles. The van der Waals surface area contributed by atoms with Crippen LogP contribution < -0.4 is 5.73 Å². The van der Waals surface area contributed by atoms with Gasteiger partial charge in [0.25, 0.3) is 0 Å². The van der Waals surface area contributed by atoms with Gasteiger partial charge in [0.15, 0.2) is 0 Å². The van der Waals surface area contributed by atoms with Crippen LogP contribution in [-0.2, 0) is 7.05 Å². The summed E-state index contributed by atoms with van der Waals surface area (Å²) >= 11 is 0. The van der Waals surface area contributed by atoms with Crippen LogP contribution in [0.5, 0.6) is 0 Å². The Labute approximate surface area is 121 Å². The molecule has 4 aromatic rings. The van der Waals surface area contributed by atoms with E-state index >= 15 is 0 Å². The number of anilines is 1. The van der Waals surface area contributed by atoms with Crippen molar-refractivity contribution in [3.8, 4) is 11.3 Å². The molecule has 4 rings (SSSR count). The molecule has 3 heterocycles. The van der Waals surface area contributed by atoms with Gasteiger partial charge in [-0.1, -0.05) is 6.07 Å². The minimum absolute atomic E-state index is 0.653. The molecular formula is C16H15N5. The van der Waals surface area contributed by atoms with Gasteiger partial charge < -0.3 is 10.3 Å². The van der Waals surface area contributed by atoms with Crippen molar-refractivity contribution < 1.29 is 0 Å². The number of hydrogen-bond donors (Lipinski definition) is 1. The Morgan fingerprint density at radius 3 is 2.86 bits per heavy atom.